The molecule has 3 N–H and O–H groups in total. The van der Waals surface area contributed by atoms with E-state index >= 15 is 0 Å². The van der Waals surface area contributed by atoms with Gasteiger partial charge in [0.15, 0.2) is 0 Å². The van der Waals surface area contributed by atoms with Gasteiger partial charge in [-0.3, -0.25) is 14.9 Å². The molecular weight excluding hydrogens is 565 g/mol. The molecule has 2 bridgehead atoms. The first-order valence-electron chi connectivity index (χ1n) is 15.7. The fourth-order valence-corrected chi connectivity index (χ4v) is 7.98. The van der Waals surface area contributed by atoms with Crippen LogP contribution in [0.1, 0.15) is 95.3 Å². The van der Waals surface area contributed by atoms with E-state index in [-0.39, 0.29) is 34.8 Å². The number of fused-ring (bicyclic) bond motifs is 2. The molecule has 1 aromatic rings. The minimum Gasteiger partial charge on any atom is -0.496 e. The maximum absolute atomic E-state index is 14.1. The van der Waals surface area contributed by atoms with Crippen molar-refractivity contribution >= 4 is 11.9 Å². The second-order valence-electron chi connectivity index (χ2n) is 14.2. The highest BCUT2D eigenvalue weighted by molar-refractivity contribution is 5.80. The third-order valence-electron chi connectivity index (χ3n) is 11.1. The van der Waals surface area contributed by atoms with Crippen molar-refractivity contribution in [3.8, 4) is 11.5 Å². The van der Waals surface area contributed by atoms with Gasteiger partial charge in [-0.05, 0) is 94.1 Å². The van der Waals surface area contributed by atoms with Crippen LogP contribution in [-0.2, 0) is 20.5 Å². The molecule has 11 heteroatoms. The Labute approximate surface area is 250 Å². The third kappa shape index (κ3) is 5.95. The summed E-state index contributed by atoms with van der Waals surface area (Å²) in [6.45, 7) is 4.57. The zero-order valence-corrected chi connectivity index (χ0v) is 25.1. The number of hydrogen-bond donors (Lipinski definition) is 3. The lowest BCUT2D eigenvalue weighted by Crippen LogP contribution is -2.51. The van der Waals surface area contributed by atoms with E-state index in [2.05, 4.69) is 17.6 Å². The maximum atomic E-state index is 14.1. The summed E-state index contributed by atoms with van der Waals surface area (Å²) in [6, 6.07) is 2.27. The Morgan fingerprint density at radius 1 is 1.05 bits per heavy atom. The predicted molar refractivity (Wildman–Crippen MR) is 150 cm³/mol. The van der Waals surface area contributed by atoms with Crippen LogP contribution in [0.5, 0.6) is 11.5 Å². The molecule has 5 fully saturated rings. The SMILES string of the molecule is COc1cc(C(F)(F)F)c(O[C@H]2CC[C@@](C)(C(=O)O)CC2)cc1C1OC1N[C@@H]1[C@H]2CC[C@H](C2)[C@@H]1C(=O)NCC1(C)CCC1. The molecule has 0 radical (unpaired) electrons. The van der Waals surface area contributed by atoms with E-state index < -0.39 is 41.6 Å². The number of epoxide rings is 1. The van der Waals surface area contributed by atoms with Crippen molar-refractivity contribution in [2.45, 2.75) is 109 Å². The third-order valence-corrected chi connectivity index (χ3v) is 11.1. The number of amides is 1. The van der Waals surface area contributed by atoms with Gasteiger partial charge in [0.2, 0.25) is 5.91 Å². The number of carboxylic acids is 1. The van der Waals surface area contributed by atoms with Crippen LogP contribution in [-0.4, -0.2) is 49.0 Å². The van der Waals surface area contributed by atoms with Gasteiger partial charge in [-0.15, -0.1) is 0 Å². The second-order valence-corrected chi connectivity index (χ2v) is 14.2. The zero-order chi connectivity index (χ0) is 30.7. The van der Waals surface area contributed by atoms with Crippen molar-refractivity contribution in [1.82, 2.24) is 10.6 Å². The van der Waals surface area contributed by atoms with E-state index in [1.54, 1.807) is 6.92 Å². The van der Waals surface area contributed by atoms with Gasteiger partial charge in [0.1, 0.15) is 29.4 Å². The molecular formula is C32H43F3N2O6. The summed E-state index contributed by atoms with van der Waals surface area (Å²) < 4.78 is 59.7. The molecule has 1 aliphatic heterocycles. The molecule has 43 heavy (non-hydrogen) atoms. The van der Waals surface area contributed by atoms with Crippen LogP contribution < -0.4 is 20.1 Å². The van der Waals surface area contributed by atoms with Crippen LogP contribution in [0.2, 0.25) is 0 Å². The molecule has 1 aromatic carbocycles. The molecule has 6 atom stereocenters. The van der Waals surface area contributed by atoms with E-state index in [1.165, 1.54) is 19.6 Å². The van der Waals surface area contributed by atoms with Crippen molar-refractivity contribution in [1.29, 1.82) is 0 Å². The monoisotopic (exact) mass is 608 g/mol. The number of hydrogen-bond acceptors (Lipinski definition) is 6. The second kappa shape index (κ2) is 11.1. The number of methoxy groups -OCH3 is 1. The Bertz CT molecular complexity index is 1240. The summed E-state index contributed by atoms with van der Waals surface area (Å²) in [5.41, 5.74) is -1.19. The number of carbonyl (C=O) groups is 2. The summed E-state index contributed by atoms with van der Waals surface area (Å²) >= 11 is 0. The highest BCUT2D eigenvalue weighted by Gasteiger charge is 2.55. The number of carbonyl (C=O) groups excluding carboxylic acids is 1. The van der Waals surface area contributed by atoms with Crippen molar-refractivity contribution in [3.05, 3.63) is 23.3 Å². The van der Waals surface area contributed by atoms with Gasteiger partial charge in [0.25, 0.3) is 0 Å². The number of carboxylic acid groups (broad SMARTS) is 1. The number of rotatable bonds is 10. The van der Waals surface area contributed by atoms with Crippen molar-refractivity contribution in [3.63, 3.8) is 0 Å². The lowest BCUT2D eigenvalue weighted by atomic mass is 9.70. The van der Waals surface area contributed by atoms with Gasteiger partial charge in [-0.1, -0.05) is 13.3 Å². The summed E-state index contributed by atoms with van der Waals surface area (Å²) in [5, 5.41) is 16.3. The number of benzene rings is 1. The molecule has 8 nitrogen and oxygen atoms in total. The minimum atomic E-state index is -4.67. The molecule has 5 aliphatic rings. The Hall–Kier alpha value is -2.53. The van der Waals surface area contributed by atoms with Crippen LogP contribution in [0, 0.1) is 28.6 Å². The first-order valence-corrected chi connectivity index (χ1v) is 15.7. The Kier molecular flexibility index (Phi) is 7.89. The zero-order valence-electron chi connectivity index (χ0n) is 25.1. The largest absolute Gasteiger partial charge is 0.496 e. The number of alkyl halides is 3. The molecule has 1 saturated heterocycles. The Balaban J connectivity index is 1.16. The molecule has 4 aliphatic carbocycles. The van der Waals surface area contributed by atoms with Gasteiger partial charge in [0, 0.05) is 18.2 Å². The summed E-state index contributed by atoms with van der Waals surface area (Å²) in [5.74, 6) is -0.516. The molecule has 0 aromatic heterocycles. The van der Waals surface area contributed by atoms with Crippen LogP contribution in [0.3, 0.4) is 0 Å². The van der Waals surface area contributed by atoms with Crippen molar-refractivity contribution < 1.29 is 42.1 Å². The van der Waals surface area contributed by atoms with E-state index in [0.717, 1.165) is 38.2 Å². The first kappa shape index (κ1) is 30.5. The lowest BCUT2D eigenvalue weighted by Gasteiger charge is -2.39. The maximum Gasteiger partial charge on any atom is 0.420 e. The average molecular weight is 609 g/mol. The molecule has 238 valence electrons. The van der Waals surface area contributed by atoms with Gasteiger partial charge in [0.05, 0.1) is 24.5 Å². The number of ether oxygens (including phenoxy) is 3. The molecule has 0 spiro atoms. The van der Waals surface area contributed by atoms with Gasteiger partial charge in [-0.2, -0.15) is 13.2 Å². The standard InChI is InChI=1S/C32H43F3N2O6/c1-30(9-4-10-30)16-36-27(38)24-17-5-6-18(13-17)25(24)37-28-26(43-28)20-14-23(21(32(33,34)35)15-22(20)41-3)42-19-7-11-31(2,12-8-19)29(39)40/h14-15,17-19,24-26,28,37H,4-13,16H2,1-3H3,(H,36,38)(H,39,40)/t17-,18+,19-,24+,25-,26?,28?,31+/m1/s1. The Morgan fingerprint density at radius 3 is 2.35 bits per heavy atom. The van der Waals surface area contributed by atoms with Crippen LogP contribution in [0.25, 0.3) is 0 Å². The van der Waals surface area contributed by atoms with Gasteiger partial charge in [-0.25, -0.2) is 0 Å². The lowest BCUT2D eigenvalue weighted by molar-refractivity contribution is -0.150. The van der Waals surface area contributed by atoms with Crippen molar-refractivity contribution in [2.75, 3.05) is 13.7 Å². The minimum absolute atomic E-state index is 0.0510. The van der Waals surface area contributed by atoms with Crippen LogP contribution in [0.4, 0.5) is 13.2 Å². The average Bonchev–Trinajstić information content (AvgIpc) is 3.39. The van der Waals surface area contributed by atoms with Crippen LogP contribution in [0.15, 0.2) is 12.1 Å². The predicted octanol–water partition coefficient (Wildman–Crippen LogP) is 5.83. The molecule has 2 unspecified atom stereocenters. The Morgan fingerprint density at radius 2 is 1.74 bits per heavy atom. The van der Waals surface area contributed by atoms with Gasteiger partial charge >= 0.3 is 12.1 Å². The number of aliphatic carboxylic acids is 1. The molecule has 4 saturated carbocycles. The molecule has 6 rings (SSSR count). The summed E-state index contributed by atoms with van der Waals surface area (Å²) in [6.07, 6.45) is 1.69. The highest BCUT2D eigenvalue weighted by Crippen LogP contribution is 2.52. The van der Waals surface area contributed by atoms with E-state index in [4.69, 9.17) is 14.2 Å². The van der Waals surface area contributed by atoms with E-state index in [9.17, 15) is 27.9 Å². The van der Waals surface area contributed by atoms with E-state index in [1.807, 2.05) is 0 Å². The number of halogens is 3. The first-order chi connectivity index (χ1) is 20.3. The van der Waals surface area contributed by atoms with E-state index in [0.29, 0.717) is 49.6 Å². The molecule has 1 amide bonds. The number of nitrogens with one attached hydrogen (secondary N) is 2. The highest BCUT2D eigenvalue weighted by atomic mass is 19.4. The topological polar surface area (TPSA) is 109 Å². The summed E-state index contributed by atoms with van der Waals surface area (Å²) in [7, 11) is 1.33. The fourth-order valence-electron chi connectivity index (χ4n) is 7.98. The molecule has 1 heterocycles. The summed E-state index contributed by atoms with van der Waals surface area (Å²) in [4.78, 5) is 25.0. The quantitative estimate of drug-likeness (QED) is 0.287. The fraction of sp³-hybridized carbons (Fsp3) is 0.750. The van der Waals surface area contributed by atoms with Crippen molar-refractivity contribution in [2.24, 2.45) is 28.6 Å². The smallest absolute Gasteiger partial charge is 0.420 e. The van der Waals surface area contributed by atoms with Gasteiger partial charge < -0.3 is 24.6 Å². The van der Waals surface area contributed by atoms with Crippen LogP contribution >= 0.6 is 0 Å². The normalized spacial score (nSPS) is 36.1.